The van der Waals surface area contributed by atoms with Gasteiger partial charge in [0.2, 0.25) is 0 Å². The highest BCUT2D eigenvalue weighted by molar-refractivity contribution is 5.85. The molecule has 0 aromatic carbocycles. The highest BCUT2D eigenvalue weighted by Crippen LogP contribution is 2.05. The average Bonchev–Trinajstić information content (AvgIpc) is 2.05. The Balaban J connectivity index is -0.000000605. The molecule has 0 saturated heterocycles. The molecule has 88 valence electrons. The Morgan fingerprint density at radius 2 is 1.57 bits per heavy atom. The zero-order valence-electron chi connectivity index (χ0n) is 9.08. The largest absolute Gasteiger partial charge is 0.466 e. The lowest BCUT2D eigenvalue weighted by atomic mass is 10.1. The molecule has 2 nitrogen and oxygen atoms in total. The number of unbranched alkanes of at least 4 members (excludes halogenated alkanes) is 4. The lowest BCUT2D eigenvalue weighted by molar-refractivity contribution is -0.143. The molecular formula is C10H22Cl2O2. The first kappa shape index (κ1) is 19.6. The second-order valence-corrected chi connectivity index (χ2v) is 2.97. The van der Waals surface area contributed by atoms with E-state index in [0.29, 0.717) is 13.0 Å². The van der Waals surface area contributed by atoms with Crippen LogP contribution in [0.1, 0.15) is 52.4 Å². The molecule has 0 fully saturated rings. The van der Waals surface area contributed by atoms with Gasteiger partial charge in [-0.1, -0.05) is 32.6 Å². The third kappa shape index (κ3) is 14.6. The van der Waals surface area contributed by atoms with Crippen molar-refractivity contribution >= 4 is 30.8 Å². The third-order valence-corrected chi connectivity index (χ3v) is 1.79. The van der Waals surface area contributed by atoms with E-state index in [4.69, 9.17) is 4.74 Å². The minimum absolute atomic E-state index is 0. The first-order chi connectivity index (χ1) is 5.81. The van der Waals surface area contributed by atoms with E-state index in [0.717, 1.165) is 12.8 Å². The second-order valence-electron chi connectivity index (χ2n) is 2.97. The third-order valence-electron chi connectivity index (χ3n) is 1.79. The summed E-state index contributed by atoms with van der Waals surface area (Å²) in [6.07, 6.45) is 6.52. The van der Waals surface area contributed by atoms with E-state index in [9.17, 15) is 4.79 Å². The van der Waals surface area contributed by atoms with Crippen LogP contribution in [0.25, 0.3) is 0 Å². The standard InChI is InChI=1S/C10H20O2.2ClH/c1-3-5-6-7-8-9-10(11)12-4-2;;/h3-9H2,1-2H3;2*1H. The molecule has 0 spiro atoms. The quantitative estimate of drug-likeness (QED) is 0.504. The van der Waals surface area contributed by atoms with Crippen LogP contribution in [-0.4, -0.2) is 12.6 Å². The Morgan fingerprint density at radius 3 is 2.07 bits per heavy atom. The fourth-order valence-corrected chi connectivity index (χ4v) is 1.11. The van der Waals surface area contributed by atoms with Gasteiger partial charge in [-0.15, -0.1) is 24.8 Å². The summed E-state index contributed by atoms with van der Waals surface area (Å²) in [5.74, 6) is -0.0472. The summed E-state index contributed by atoms with van der Waals surface area (Å²) in [6.45, 7) is 4.54. The minimum atomic E-state index is -0.0472. The van der Waals surface area contributed by atoms with Crippen LogP contribution >= 0.6 is 24.8 Å². The lowest BCUT2D eigenvalue weighted by Gasteiger charge is -2.00. The summed E-state index contributed by atoms with van der Waals surface area (Å²) < 4.78 is 4.81. The Hall–Kier alpha value is 0.0500. The number of halogens is 2. The molecule has 0 bridgehead atoms. The molecule has 0 aliphatic heterocycles. The number of hydrogen-bond acceptors (Lipinski definition) is 2. The smallest absolute Gasteiger partial charge is 0.305 e. The lowest BCUT2D eigenvalue weighted by Crippen LogP contribution is -2.02. The second kappa shape index (κ2) is 15.5. The maximum Gasteiger partial charge on any atom is 0.305 e. The van der Waals surface area contributed by atoms with E-state index in [1.807, 2.05) is 6.92 Å². The highest BCUT2D eigenvalue weighted by atomic mass is 35.5. The monoisotopic (exact) mass is 244 g/mol. The van der Waals surface area contributed by atoms with Crippen molar-refractivity contribution in [3.8, 4) is 0 Å². The van der Waals surface area contributed by atoms with E-state index in [1.54, 1.807) is 0 Å². The number of hydrogen-bond donors (Lipinski definition) is 0. The van der Waals surface area contributed by atoms with E-state index in [-0.39, 0.29) is 30.8 Å². The fraction of sp³-hybridized carbons (Fsp3) is 0.900. The van der Waals surface area contributed by atoms with Gasteiger partial charge in [0.25, 0.3) is 0 Å². The van der Waals surface area contributed by atoms with Crippen molar-refractivity contribution in [3.63, 3.8) is 0 Å². The van der Waals surface area contributed by atoms with E-state index in [2.05, 4.69) is 6.92 Å². The van der Waals surface area contributed by atoms with Gasteiger partial charge in [0.05, 0.1) is 6.61 Å². The zero-order valence-corrected chi connectivity index (χ0v) is 10.7. The Kier molecular flexibility index (Phi) is 21.7. The molecule has 0 aliphatic carbocycles. The van der Waals surface area contributed by atoms with Crippen LogP contribution in [-0.2, 0) is 9.53 Å². The molecule has 0 aromatic heterocycles. The number of rotatable bonds is 7. The predicted molar refractivity (Wildman–Crippen MR) is 64.5 cm³/mol. The first-order valence-electron chi connectivity index (χ1n) is 4.96. The van der Waals surface area contributed by atoms with Gasteiger partial charge in [0, 0.05) is 6.42 Å². The molecule has 14 heavy (non-hydrogen) atoms. The molecule has 0 saturated carbocycles. The number of ether oxygens (including phenoxy) is 1. The first-order valence-corrected chi connectivity index (χ1v) is 4.96. The molecule has 0 heterocycles. The number of carbonyl (C=O) groups excluding carboxylic acids is 1. The molecule has 0 unspecified atom stereocenters. The Bertz CT molecular complexity index is 119. The fourth-order valence-electron chi connectivity index (χ4n) is 1.11. The minimum Gasteiger partial charge on any atom is -0.466 e. The Labute approximate surface area is 99.6 Å². The number of esters is 1. The molecule has 0 aliphatic rings. The molecule has 0 atom stereocenters. The van der Waals surface area contributed by atoms with Gasteiger partial charge in [-0.25, -0.2) is 0 Å². The van der Waals surface area contributed by atoms with Gasteiger partial charge < -0.3 is 4.74 Å². The van der Waals surface area contributed by atoms with Crippen molar-refractivity contribution in [2.24, 2.45) is 0 Å². The zero-order chi connectivity index (χ0) is 9.23. The van der Waals surface area contributed by atoms with Crippen molar-refractivity contribution in [1.29, 1.82) is 0 Å². The van der Waals surface area contributed by atoms with Gasteiger partial charge in [0.15, 0.2) is 0 Å². The van der Waals surface area contributed by atoms with Gasteiger partial charge in [0.1, 0.15) is 0 Å². The van der Waals surface area contributed by atoms with Crippen molar-refractivity contribution in [2.75, 3.05) is 6.61 Å². The SMILES string of the molecule is CCCCCCCC(=O)OCC.Cl.Cl. The van der Waals surface area contributed by atoms with E-state index < -0.39 is 0 Å². The Morgan fingerprint density at radius 1 is 1.00 bits per heavy atom. The van der Waals surface area contributed by atoms with Crippen molar-refractivity contribution in [2.45, 2.75) is 52.4 Å². The molecule has 4 heteroatoms. The summed E-state index contributed by atoms with van der Waals surface area (Å²) >= 11 is 0. The van der Waals surface area contributed by atoms with Gasteiger partial charge in [-0.3, -0.25) is 4.79 Å². The summed E-state index contributed by atoms with van der Waals surface area (Å²) in [5, 5.41) is 0. The van der Waals surface area contributed by atoms with Gasteiger partial charge in [-0.05, 0) is 13.3 Å². The van der Waals surface area contributed by atoms with Crippen LogP contribution in [0.15, 0.2) is 0 Å². The van der Waals surface area contributed by atoms with Crippen molar-refractivity contribution in [3.05, 3.63) is 0 Å². The maximum absolute atomic E-state index is 10.9. The van der Waals surface area contributed by atoms with Crippen LogP contribution in [0, 0.1) is 0 Å². The van der Waals surface area contributed by atoms with Crippen LogP contribution in [0.4, 0.5) is 0 Å². The summed E-state index contributed by atoms with van der Waals surface area (Å²) in [4.78, 5) is 10.9. The number of carbonyl (C=O) groups is 1. The van der Waals surface area contributed by atoms with E-state index in [1.165, 1.54) is 19.3 Å². The molecular weight excluding hydrogens is 223 g/mol. The predicted octanol–water partition coefficient (Wildman–Crippen LogP) is 3.75. The molecule has 0 rings (SSSR count). The summed E-state index contributed by atoms with van der Waals surface area (Å²) in [7, 11) is 0. The van der Waals surface area contributed by atoms with Crippen LogP contribution in [0.2, 0.25) is 0 Å². The van der Waals surface area contributed by atoms with Crippen LogP contribution < -0.4 is 0 Å². The average molecular weight is 245 g/mol. The highest BCUT2D eigenvalue weighted by Gasteiger charge is 1.99. The summed E-state index contributed by atoms with van der Waals surface area (Å²) in [6, 6.07) is 0. The topological polar surface area (TPSA) is 26.3 Å². The van der Waals surface area contributed by atoms with Crippen LogP contribution in [0.3, 0.4) is 0 Å². The van der Waals surface area contributed by atoms with Crippen molar-refractivity contribution < 1.29 is 9.53 Å². The van der Waals surface area contributed by atoms with Crippen molar-refractivity contribution in [1.82, 2.24) is 0 Å². The molecule has 0 N–H and O–H groups in total. The normalized spacial score (nSPS) is 8.43. The maximum atomic E-state index is 10.9. The van der Waals surface area contributed by atoms with E-state index >= 15 is 0 Å². The summed E-state index contributed by atoms with van der Waals surface area (Å²) in [5.41, 5.74) is 0. The van der Waals surface area contributed by atoms with Crippen LogP contribution in [0.5, 0.6) is 0 Å². The molecule has 0 radical (unpaired) electrons. The van der Waals surface area contributed by atoms with Gasteiger partial charge in [-0.2, -0.15) is 0 Å². The molecule has 0 aromatic rings. The molecule has 0 amide bonds. The van der Waals surface area contributed by atoms with Gasteiger partial charge >= 0.3 is 5.97 Å².